The zero-order valence-corrected chi connectivity index (χ0v) is 12.2. The third-order valence-corrected chi connectivity index (χ3v) is 4.10. The fraction of sp³-hybridized carbons (Fsp3) is 0.933. The third-order valence-electron chi connectivity index (χ3n) is 4.10. The molecule has 0 radical (unpaired) electrons. The maximum Gasteiger partial charge on any atom is 0.220 e. The number of carbonyl (C=O) groups is 1. The normalized spacial score (nSPS) is 27.4. The maximum atomic E-state index is 11.8. The van der Waals surface area contributed by atoms with Crippen LogP contribution in [0.15, 0.2) is 0 Å². The Labute approximate surface area is 116 Å². The summed E-state index contributed by atoms with van der Waals surface area (Å²) in [6.07, 6.45) is 8.36. The van der Waals surface area contributed by atoms with Crippen molar-refractivity contribution in [2.24, 2.45) is 5.92 Å². The van der Waals surface area contributed by atoms with Gasteiger partial charge in [0.1, 0.15) is 6.10 Å². The van der Waals surface area contributed by atoms with E-state index < -0.39 is 5.79 Å². The first-order valence-corrected chi connectivity index (χ1v) is 7.64. The van der Waals surface area contributed by atoms with E-state index in [1.807, 2.05) is 13.8 Å². The van der Waals surface area contributed by atoms with Gasteiger partial charge in [-0.25, -0.2) is 0 Å². The van der Waals surface area contributed by atoms with Crippen LogP contribution < -0.4 is 5.32 Å². The quantitative estimate of drug-likeness (QED) is 0.834. The van der Waals surface area contributed by atoms with Gasteiger partial charge in [0.15, 0.2) is 5.79 Å². The molecule has 4 nitrogen and oxygen atoms in total. The summed E-state index contributed by atoms with van der Waals surface area (Å²) in [7, 11) is 0. The van der Waals surface area contributed by atoms with Crippen molar-refractivity contribution in [3.8, 4) is 0 Å². The minimum absolute atomic E-state index is 0.00590. The molecule has 1 aliphatic heterocycles. The lowest BCUT2D eigenvalue weighted by molar-refractivity contribution is -0.139. The van der Waals surface area contributed by atoms with E-state index in [1.165, 1.54) is 32.1 Å². The molecule has 2 fully saturated rings. The fourth-order valence-corrected chi connectivity index (χ4v) is 2.99. The molecule has 1 amide bonds. The molecule has 0 aromatic rings. The van der Waals surface area contributed by atoms with Crippen molar-refractivity contribution >= 4 is 5.91 Å². The first-order chi connectivity index (χ1) is 9.05. The van der Waals surface area contributed by atoms with E-state index in [4.69, 9.17) is 9.47 Å². The van der Waals surface area contributed by atoms with E-state index in [0.29, 0.717) is 19.6 Å². The molecule has 1 saturated heterocycles. The molecule has 1 aliphatic carbocycles. The predicted molar refractivity (Wildman–Crippen MR) is 73.7 cm³/mol. The van der Waals surface area contributed by atoms with Crippen molar-refractivity contribution in [1.29, 1.82) is 0 Å². The van der Waals surface area contributed by atoms with E-state index in [-0.39, 0.29) is 12.0 Å². The highest BCUT2D eigenvalue weighted by Crippen LogP contribution is 2.27. The molecule has 1 heterocycles. The minimum atomic E-state index is -0.502. The van der Waals surface area contributed by atoms with Crippen LogP contribution in [0.5, 0.6) is 0 Å². The van der Waals surface area contributed by atoms with Gasteiger partial charge in [-0.05, 0) is 26.2 Å². The smallest absolute Gasteiger partial charge is 0.220 e. The monoisotopic (exact) mass is 269 g/mol. The summed E-state index contributed by atoms with van der Waals surface area (Å²) >= 11 is 0. The maximum absolute atomic E-state index is 11.8. The van der Waals surface area contributed by atoms with E-state index in [0.717, 1.165) is 12.3 Å². The van der Waals surface area contributed by atoms with Crippen LogP contribution >= 0.6 is 0 Å². The van der Waals surface area contributed by atoms with Gasteiger partial charge in [0.05, 0.1) is 6.61 Å². The Balaban J connectivity index is 1.57. The molecule has 2 aliphatic rings. The van der Waals surface area contributed by atoms with Crippen LogP contribution in [0.1, 0.15) is 58.8 Å². The van der Waals surface area contributed by atoms with Crippen molar-refractivity contribution in [3.63, 3.8) is 0 Å². The first-order valence-electron chi connectivity index (χ1n) is 7.64. The SMILES string of the molecule is CC1(C)OCC(CNC(=O)CCC2CCCCC2)O1. The minimum Gasteiger partial charge on any atom is -0.353 e. The standard InChI is InChI=1S/C15H27NO3/c1-15(2)18-11-13(19-15)10-16-14(17)9-8-12-6-4-3-5-7-12/h12-13H,3-11H2,1-2H3,(H,16,17). The molecule has 1 N–H and O–H groups in total. The Morgan fingerprint density at radius 2 is 2.00 bits per heavy atom. The van der Waals surface area contributed by atoms with Crippen LogP contribution in [0.3, 0.4) is 0 Å². The van der Waals surface area contributed by atoms with E-state index >= 15 is 0 Å². The summed E-state index contributed by atoms with van der Waals surface area (Å²) in [6.45, 7) is 4.93. The van der Waals surface area contributed by atoms with Gasteiger partial charge in [-0.1, -0.05) is 32.1 Å². The highest BCUT2D eigenvalue weighted by atomic mass is 16.7. The van der Waals surface area contributed by atoms with E-state index in [1.54, 1.807) is 0 Å². The van der Waals surface area contributed by atoms with Crippen molar-refractivity contribution in [2.45, 2.75) is 70.7 Å². The van der Waals surface area contributed by atoms with Crippen LogP contribution in [0.2, 0.25) is 0 Å². The molecule has 0 aromatic carbocycles. The average Bonchev–Trinajstić information content (AvgIpc) is 2.75. The Kier molecular flexibility index (Phi) is 5.22. The lowest BCUT2D eigenvalue weighted by Gasteiger charge is -2.21. The second kappa shape index (κ2) is 6.71. The van der Waals surface area contributed by atoms with Gasteiger partial charge in [0, 0.05) is 13.0 Å². The van der Waals surface area contributed by atoms with Gasteiger partial charge in [-0.3, -0.25) is 4.79 Å². The molecule has 0 aromatic heterocycles. The Bertz CT molecular complexity index is 298. The largest absolute Gasteiger partial charge is 0.353 e. The number of ether oxygens (including phenoxy) is 2. The topological polar surface area (TPSA) is 47.6 Å². The van der Waals surface area contributed by atoms with Gasteiger partial charge in [-0.2, -0.15) is 0 Å². The molecule has 1 saturated carbocycles. The summed E-state index contributed by atoms with van der Waals surface area (Å²) in [5.41, 5.74) is 0. The third kappa shape index (κ3) is 5.11. The molecule has 19 heavy (non-hydrogen) atoms. The van der Waals surface area contributed by atoms with Crippen LogP contribution in [-0.4, -0.2) is 30.9 Å². The van der Waals surface area contributed by atoms with Gasteiger partial charge in [0.2, 0.25) is 5.91 Å². The summed E-state index contributed by atoms with van der Waals surface area (Å²) in [4.78, 5) is 11.8. The number of amides is 1. The van der Waals surface area contributed by atoms with E-state index in [9.17, 15) is 4.79 Å². The van der Waals surface area contributed by atoms with Gasteiger partial charge < -0.3 is 14.8 Å². The van der Waals surface area contributed by atoms with Gasteiger partial charge >= 0.3 is 0 Å². The van der Waals surface area contributed by atoms with Crippen molar-refractivity contribution in [2.75, 3.05) is 13.2 Å². The molecule has 1 atom stereocenters. The number of carbonyl (C=O) groups excluding carboxylic acids is 1. The highest BCUT2D eigenvalue weighted by molar-refractivity contribution is 5.75. The number of rotatable bonds is 5. The Morgan fingerprint density at radius 1 is 1.26 bits per heavy atom. The van der Waals surface area contributed by atoms with Crippen LogP contribution in [0.25, 0.3) is 0 Å². The summed E-state index contributed by atoms with van der Waals surface area (Å²) in [6, 6.07) is 0. The van der Waals surface area contributed by atoms with Crippen LogP contribution in [0, 0.1) is 5.92 Å². The predicted octanol–water partition coefficient (Wildman–Crippen LogP) is 2.61. The lowest BCUT2D eigenvalue weighted by atomic mass is 9.86. The van der Waals surface area contributed by atoms with Crippen LogP contribution in [-0.2, 0) is 14.3 Å². The Hall–Kier alpha value is -0.610. The zero-order valence-electron chi connectivity index (χ0n) is 12.2. The second-order valence-corrected chi connectivity index (χ2v) is 6.30. The molecular formula is C15H27NO3. The summed E-state index contributed by atoms with van der Waals surface area (Å²) in [5.74, 6) is 0.417. The molecular weight excluding hydrogens is 242 g/mol. The number of hydrogen-bond acceptors (Lipinski definition) is 3. The zero-order chi connectivity index (χ0) is 13.7. The summed E-state index contributed by atoms with van der Waals surface area (Å²) in [5, 5.41) is 2.96. The molecule has 2 rings (SSSR count). The fourth-order valence-electron chi connectivity index (χ4n) is 2.99. The van der Waals surface area contributed by atoms with Gasteiger partial charge in [0.25, 0.3) is 0 Å². The van der Waals surface area contributed by atoms with Crippen molar-refractivity contribution < 1.29 is 14.3 Å². The van der Waals surface area contributed by atoms with Gasteiger partial charge in [-0.15, -0.1) is 0 Å². The number of nitrogens with one attached hydrogen (secondary N) is 1. The van der Waals surface area contributed by atoms with Crippen molar-refractivity contribution in [3.05, 3.63) is 0 Å². The number of hydrogen-bond donors (Lipinski definition) is 1. The average molecular weight is 269 g/mol. The van der Waals surface area contributed by atoms with E-state index in [2.05, 4.69) is 5.32 Å². The molecule has 0 spiro atoms. The lowest BCUT2D eigenvalue weighted by Crippen LogP contribution is -2.34. The molecule has 0 bridgehead atoms. The molecule has 110 valence electrons. The molecule has 1 unspecified atom stereocenters. The molecule has 4 heteroatoms. The highest BCUT2D eigenvalue weighted by Gasteiger charge is 2.32. The van der Waals surface area contributed by atoms with Crippen LogP contribution in [0.4, 0.5) is 0 Å². The first kappa shape index (κ1) is 14.8. The van der Waals surface area contributed by atoms with Crippen molar-refractivity contribution in [1.82, 2.24) is 5.32 Å². The Morgan fingerprint density at radius 3 is 2.63 bits per heavy atom. The summed E-state index contributed by atoms with van der Waals surface area (Å²) < 4.78 is 11.1. The second-order valence-electron chi connectivity index (χ2n) is 6.30.